The van der Waals surface area contributed by atoms with Gasteiger partial charge in [-0.1, -0.05) is 6.07 Å². The summed E-state index contributed by atoms with van der Waals surface area (Å²) < 4.78 is 0. The molecule has 7 nitrogen and oxygen atoms in total. The molecule has 1 aliphatic heterocycles. The van der Waals surface area contributed by atoms with Gasteiger partial charge in [-0.2, -0.15) is 0 Å². The number of piperazine rings is 1. The van der Waals surface area contributed by atoms with Crippen molar-refractivity contribution in [1.29, 1.82) is 0 Å². The Hall–Kier alpha value is -2.58. The molecule has 2 heterocycles. The Labute approximate surface area is 181 Å². The standard InChI is InChI=1S/C22H29N5O2S/c23-16-4-6-17(7-5-16)25-21(28)15-3-8-19(18(24)14-15)26-9-11-27(12-10-26)22(29)20-2-1-13-30-20/h1-3,8,13-14,16-17H,4-7,9-12,23-24H2,(H,25,28). The van der Waals surface area contributed by atoms with Crippen LogP contribution in [0.2, 0.25) is 0 Å². The summed E-state index contributed by atoms with van der Waals surface area (Å²) in [5.41, 5.74) is 14.3. The molecule has 4 rings (SSSR count). The molecule has 0 atom stereocenters. The molecule has 1 aromatic heterocycles. The van der Waals surface area contributed by atoms with E-state index in [9.17, 15) is 9.59 Å². The molecule has 2 fully saturated rings. The van der Waals surface area contributed by atoms with E-state index in [0.29, 0.717) is 24.3 Å². The van der Waals surface area contributed by atoms with Gasteiger partial charge in [0.1, 0.15) is 0 Å². The van der Waals surface area contributed by atoms with Crippen molar-refractivity contribution in [3.05, 3.63) is 46.2 Å². The first-order chi connectivity index (χ1) is 14.5. The van der Waals surface area contributed by atoms with Gasteiger partial charge in [0.05, 0.1) is 16.3 Å². The highest BCUT2D eigenvalue weighted by molar-refractivity contribution is 7.12. The summed E-state index contributed by atoms with van der Waals surface area (Å²) in [6, 6.07) is 9.71. The van der Waals surface area contributed by atoms with E-state index < -0.39 is 0 Å². The minimum absolute atomic E-state index is 0.0833. The van der Waals surface area contributed by atoms with Crippen LogP contribution in [0.4, 0.5) is 11.4 Å². The molecule has 1 saturated carbocycles. The lowest BCUT2D eigenvalue weighted by atomic mass is 9.91. The maximum Gasteiger partial charge on any atom is 0.264 e. The third-order valence-corrected chi connectivity index (χ3v) is 6.89. The van der Waals surface area contributed by atoms with Crippen LogP contribution in [0.5, 0.6) is 0 Å². The molecule has 5 N–H and O–H groups in total. The van der Waals surface area contributed by atoms with Crippen molar-refractivity contribution in [3.63, 3.8) is 0 Å². The molecule has 8 heteroatoms. The van der Waals surface area contributed by atoms with E-state index in [1.54, 1.807) is 6.07 Å². The van der Waals surface area contributed by atoms with Gasteiger partial charge in [-0.05, 0) is 55.3 Å². The molecule has 0 unspecified atom stereocenters. The number of hydrogen-bond donors (Lipinski definition) is 3. The van der Waals surface area contributed by atoms with Crippen molar-refractivity contribution in [1.82, 2.24) is 10.2 Å². The van der Waals surface area contributed by atoms with E-state index in [-0.39, 0.29) is 23.9 Å². The van der Waals surface area contributed by atoms with Gasteiger partial charge in [0.2, 0.25) is 0 Å². The fourth-order valence-corrected chi connectivity index (χ4v) is 4.91. The van der Waals surface area contributed by atoms with Crippen molar-refractivity contribution in [2.75, 3.05) is 36.8 Å². The fraction of sp³-hybridized carbons (Fsp3) is 0.455. The zero-order valence-electron chi connectivity index (χ0n) is 17.0. The number of thiophene rings is 1. The van der Waals surface area contributed by atoms with Crippen LogP contribution in [0.1, 0.15) is 45.7 Å². The third-order valence-electron chi connectivity index (χ3n) is 6.04. The molecule has 2 amide bonds. The Balaban J connectivity index is 1.34. The maximum atomic E-state index is 12.6. The van der Waals surface area contributed by atoms with E-state index in [0.717, 1.165) is 49.3 Å². The van der Waals surface area contributed by atoms with Crippen LogP contribution in [0.25, 0.3) is 0 Å². The zero-order chi connectivity index (χ0) is 21.1. The largest absolute Gasteiger partial charge is 0.397 e. The Bertz CT molecular complexity index is 885. The number of nitrogens with one attached hydrogen (secondary N) is 1. The van der Waals surface area contributed by atoms with Gasteiger partial charge < -0.3 is 26.6 Å². The second-order valence-electron chi connectivity index (χ2n) is 8.12. The average Bonchev–Trinajstić information content (AvgIpc) is 3.30. The predicted octanol–water partition coefficient (Wildman–Crippen LogP) is 2.29. The minimum atomic E-state index is -0.0833. The number of benzene rings is 1. The predicted molar refractivity (Wildman–Crippen MR) is 121 cm³/mol. The van der Waals surface area contributed by atoms with Gasteiger partial charge in [-0.25, -0.2) is 0 Å². The number of nitrogen functional groups attached to an aromatic ring is 1. The summed E-state index contributed by atoms with van der Waals surface area (Å²) in [6.45, 7) is 2.74. The van der Waals surface area contributed by atoms with Crippen LogP contribution in [0.15, 0.2) is 35.7 Å². The Morgan fingerprint density at radius 3 is 2.40 bits per heavy atom. The SMILES string of the molecule is Nc1cc(C(=O)NC2CCC(N)CC2)ccc1N1CCN(C(=O)c2cccs2)CC1. The monoisotopic (exact) mass is 427 g/mol. The highest BCUT2D eigenvalue weighted by atomic mass is 32.1. The summed E-state index contributed by atoms with van der Waals surface area (Å²) in [6.07, 6.45) is 3.75. The molecule has 0 radical (unpaired) electrons. The molecule has 30 heavy (non-hydrogen) atoms. The van der Waals surface area contributed by atoms with Crippen LogP contribution in [-0.2, 0) is 0 Å². The molecule has 1 aromatic carbocycles. The maximum absolute atomic E-state index is 12.6. The van der Waals surface area contributed by atoms with Gasteiger partial charge in [0, 0.05) is 43.8 Å². The molecular weight excluding hydrogens is 398 g/mol. The first kappa shape index (κ1) is 20.7. The zero-order valence-corrected chi connectivity index (χ0v) is 17.9. The van der Waals surface area contributed by atoms with Gasteiger partial charge in [-0.3, -0.25) is 9.59 Å². The number of rotatable bonds is 4. The quantitative estimate of drug-likeness (QED) is 0.650. The summed E-state index contributed by atoms with van der Waals surface area (Å²) in [7, 11) is 0. The second kappa shape index (κ2) is 9.06. The molecule has 1 saturated heterocycles. The molecule has 160 valence electrons. The van der Waals surface area contributed by atoms with Crippen molar-refractivity contribution < 1.29 is 9.59 Å². The number of nitrogens with two attached hydrogens (primary N) is 2. The summed E-state index contributed by atoms with van der Waals surface area (Å²) in [4.78, 5) is 30.0. The van der Waals surface area contributed by atoms with Gasteiger partial charge in [0.15, 0.2) is 0 Å². The molecule has 0 spiro atoms. The van der Waals surface area contributed by atoms with Gasteiger partial charge in [-0.15, -0.1) is 11.3 Å². The van der Waals surface area contributed by atoms with E-state index >= 15 is 0 Å². The van der Waals surface area contributed by atoms with E-state index in [2.05, 4.69) is 10.2 Å². The molecular formula is C22H29N5O2S. The molecule has 2 aliphatic rings. The lowest BCUT2D eigenvalue weighted by Crippen LogP contribution is -2.48. The van der Waals surface area contributed by atoms with Gasteiger partial charge >= 0.3 is 0 Å². The Morgan fingerprint density at radius 2 is 1.77 bits per heavy atom. The summed E-state index contributed by atoms with van der Waals surface area (Å²) in [5, 5.41) is 5.03. The number of carbonyl (C=O) groups is 2. The van der Waals surface area contributed by atoms with Crippen LogP contribution < -0.4 is 21.7 Å². The normalized spacial score (nSPS) is 22.0. The Kier molecular flexibility index (Phi) is 6.24. The number of hydrogen-bond acceptors (Lipinski definition) is 6. The lowest BCUT2D eigenvalue weighted by Gasteiger charge is -2.36. The molecule has 1 aliphatic carbocycles. The summed E-state index contributed by atoms with van der Waals surface area (Å²) in [5.74, 6) is 0.00777. The Morgan fingerprint density at radius 1 is 1.03 bits per heavy atom. The first-order valence-corrected chi connectivity index (χ1v) is 11.4. The van der Waals surface area contributed by atoms with Crippen molar-refractivity contribution in [2.45, 2.75) is 37.8 Å². The fourth-order valence-electron chi connectivity index (χ4n) is 4.22. The van der Waals surface area contributed by atoms with E-state index in [1.165, 1.54) is 11.3 Å². The van der Waals surface area contributed by atoms with Crippen molar-refractivity contribution in [3.8, 4) is 0 Å². The van der Waals surface area contributed by atoms with Crippen LogP contribution in [0.3, 0.4) is 0 Å². The number of anilines is 2. The van der Waals surface area contributed by atoms with Crippen LogP contribution >= 0.6 is 11.3 Å². The van der Waals surface area contributed by atoms with Crippen molar-refractivity contribution in [2.24, 2.45) is 5.73 Å². The van der Waals surface area contributed by atoms with Crippen LogP contribution in [-0.4, -0.2) is 55.0 Å². The number of carbonyl (C=O) groups excluding carboxylic acids is 2. The minimum Gasteiger partial charge on any atom is -0.397 e. The smallest absolute Gasteiger partial charge is 0.264 e. The van der Waals surface area contributed by atoms with E-state index in [1.807, 2.05) is 34.5 Å². The summed E-state index contributed by atoms with van der Waals surface area (Å²) >= 11 is 1.47. The highest BCUT2D eigenvalue weighted by Crippen LogP contribution is 2.26. The molecule has 2 aromatic rings. The van der Waals surface area contributed by atoms with Crippen molar-refractivity contribution >= 4 is 34.5 Å². The topological polar surface area (TPSA) is 105 Å². The first-order valence-electron chi connectivity index (χ1n) is 10.5. The van der Waals surface area contributed by atoms with Gasteiger partial charge in [0.25, 0.3) is 11.8 Å². The number of amides is 2. The highest BCUT2D eigenvalue weighted by Gasteiger charge is 2.25. The average molecular weight is 428 g/mol. The van der Waals surface area contributed by atoms with Crippen LogP contribution in [0, 0.1) is 0 Å². The lowest BCUT2D eigenvalue weighted by molar-refractivity contribution is 0.0751. The second-order valence-corrected chi connectivity index (χ2v) is 9.06. The van der Waals surface area contributed by atoms with E-state index in [4.69, 9.17) is 11.5 Å². The molecule has 0 bridgehead atoms. The third kappa shape index (κ3) is 4.60. The number of nitrogens with zero attached hydrogens (tertiary/aromatic N) is 2.